The fraction of sp³-hybridized carbons (Fsp3) is 0.125. The van der Waals surface area contributed by atoms with E-state index in [1.807, 2.05) is 0 Å². The first-order chi connectivity index (χ1) is 7.77. The van der Waals surface area contributed by atoms with E-state index >= 15 is 0 Å². The average molecular weight is 184 g/mol. The van der Waals surface area contributed by atoms with E-state index in [9.17, 15) is 14.9 Å². The molecule has 0 aliphatic carbocycles. The van der Waals surface area contributed by atoms with Gasteiger partial charge in [-0.15, -0.1) is 0 Å². The molecule has 5 heteroatoms. The van der Waals surface area contributed by atoms with Gasteiger partial charge in [0.1, 0.15) is 0 Å². The molecule has 0 unspecified atom stereocenters. The summed E-state index contributed by atoms with van der Waals surface area (Å²) in [4.78, 5) is 20.4. The Kier molecular flexibility index (Phi) is 1.40. The number of carbonyl (C=O) groups is 1. The van der Waals surface area contributed by atoms with Crippen LogP contribution in [0.25, 0.3) is 0 Å². The first kappa shape index (κ1) is 4.96. The minimum absolute atomic E-state index is 0.363. The van der Waals surface area contributed by atoms with E-state index in [2.05, 4.69) is 5.32 Å². The van der Waals surface area contributed by atoms with E-state index in [1.54, 1.807) is 0 Å². The number of nitrogens with zero attached hydrogens (tertiary/aromatic N) is 1. The second-order valence-corrected chi connectivity index (χ2v) is 2.16. The van der Waals surface area contributed by atoms with Crippen LogP contribution in [0.15, 0.2) is 24.2 Å². The number of nitrogens with one attached hydrogen (secondary N) is 1. The summed E-state index contributed by atoms with van der Waals surface area (Å²) in [7, 11) is 0. The summed E-state index contributed by atoms with van der Waals surface area (Å²) in [5.41, 5.74) is -1.27. The van der Waals surface area contributed by atoms with Gasteiger partial charge in [-0.05, 0) is 12.1 Å². The Balaban J connectivity index is 3.58. The Morgan fingerprint density at radius 2 is 2.08 bits per heavy atom. The molecule has 1 N–H and O–H groups in total. The molecule has 1 amide bonds. The van der Waals surface area contributed by atoms with Crippen LogP contribution in [0, 0.1) is 10.1 Å². The van der Waals surface area contributed by atoms with E-state index in [0.717, 1.165) is 6.92 Å². The average Bonchev–Trinajstić information content (AvgIpc) is 2.21. The van der Waals surface area contributed by atoms with Crippen molar-refractivity contribution in [3.63, 3.8) is 0 Å². The van der Waals surface area contributed by atoms with Gasteiger partial charge in [-0.3, -0.25) is 14.9 Å². The maximum absolute atomic E-state index is 10.8. The molecule has 68 valence electrons. The molecule has 1 rings (SSSR count). The van der Waals surface area contributed by atoms with Crippen LogP contribution >= 0.6 is 0 Å². The van der Waals surface area contributed by atoms with Crippen molar-refractivity contribution in [1.29, 1.82) is 0 Å². The van der Waals surface area contributed by atoms with E-state index in [1.165, 1.54) is 0 Å². The fourth-order valence-corrected chi connectivity index (χ4v) is 0.636. The van der Waals surface area contributed by atoms with Crippen LogP contribution in [-0.2, 0) is 4.79 Å². The van der Waals surface area contributed by atoms with Gasteiger partial charge >= 0.3 is 0 Å². The first-order valence-corrected chi connectivity index (χ1v) is 3.29. The van der Waals surface area contributed by atoms with Crippen molar-refractivity contribution in [2.45, 2.75) is 6.92 Å². The van der Waals surface area contributed by atoms with Crippen molar-refractivity contribution in [1.82, 2.24) is 0 Å². The highest BCUT2D eigenvalue weighted by Crippen LogP contribution is 2.14. The Morgan fingerprint density at radius 3 is 2.46 bits per heavy atom. The lowest BCUT2D eigenvalue weighted by Crippen LogP contribution is -2.05. The molecule has 0 saturated heterocycles. The quantitative estimate of drug-likeness (QED) is 0.559. The number of hydrogen-bond donors (Lipinski definition) is 1. The number of nitro groups is 1. The predicted molar refractivity (Wildman–Crippen MR) is 47.4 cm³/mol. The molecule has 1 aromatic rings. The SMILES string of the molecule is [2H]c1c([2H])c([N+](=O)[O-])c([2H])c([2H])c1NC(C)=O. The van der Waals surface area contributed by atoms with Gasteiger partial charge in [0.2, 0.25) is 5.91 Å². The Hall–Kier alpha value is -1.91. The molecule has 1 aromatic carbocycles. The number of hydrogen-bond acceptors (Lipinski definition) is 3. The summed E-state index contributed by atoms with van der Waals surface area (Å²) in [6.45, 7) is 1.13. The van der Waals surface area contributed by atoms with Crippen LogP contribution in [0.1, 0.15) is 12.4 Å². The summed E-state index contributed by atoms with van der Waals surface area (Å²) < 4.78 is 29.6. The van der Waals surface area contributed by atoms with Gasteiger partial charge in [0, 0.05) is 24.7 Å². The van der Waals surface area contributed by atoms with Gasteiger partial charge in [0.25, 0.3) is 5.69 Å². The molecule has 5 nitrogen and oxygen atoms in total. The highest BCUT2D eigenvalue weighted by atomic mass is 16.6. The van der Waals surface area contributed by atoms with Crippen LogP contribution in [0.3, 0.4) is 0 Å². The number of amides is 1. The van der Waals surface area contributed by atoms with Crippen molar-refractivity contribution in [2.75, 3.05) is 5.32 Å². The molecule has 0 aliphatic heterocycles. The predicted octanol–water partition coefficient (Wildman–Crippen LogP) is 1.55. The molecule has 0 bridgehead atoms. The minimum Gasteiger partial charge on any atom is -0.326 e. The monoisotopic (exact) mass is 184 g/mol. The van der Waals surface area contributed by atoms with Crippen molar-refractivity contribution in [2.24, 2.45) is 0 Å². The Morgan fingerprint density at radius 1 is 1.54 bits per heavy atom. The van der Waals surface area contributed by atoms with Crippen LogP contribution < -0.4 is 5.32 Å². The largest absolute Gasteiger partial charge is 0.326 e. The smallest absolute Gasteiger partial charge is 0.269 e. The van der Waals surface area contributed by atoms with Crippen LogP contribution in [0.2, 0.25) is 0 Å². The van der Waals surface area contributed by atoms with E-state index in [0.29, 0.717) is 0 Å². The molecule has 0 atom stereocenters. The fourth-order valence-electron chi connectivity index (χ4n) is 0.636. The van der Waals surface area contributed by atoms with E-state index in [-0.39, 0.29) is 5.69 Å². The number of benzene rings is 1. The summed E-state index contributed by atoms with van der Waals surface area (Å²) >= 11 is 0. The van der Waals surface area contributed by atoms with Gasteiger partial charge in [0.15, 0.2) is 0 Å². The zero-order chi connectivity index (χ0) is 13.3. The van der Waals surface area contributed by atoms with Gasteiger partial charge in [-0.2, -0.15) is 0 Å². The minimum atomic E-state index is -0.988. The summed E-state index contributed by atoms with van der Waals surface area (Å²) in [6, 6.07) is -2.87. The molecule has 0 aromatic heterocycles. The highest BCUT2D eigenvalue weighted by molar-refractivity contribution is 5.88. The number of anilines is 1. The molecule has 13 heavy (non-hydrogen) atoms. The number of nitro benzene ring substituents is 1. The van der Waals surface area contributed by atoms with Crippen molar-refractivity contribution in [3.05, 3.63) is 34.3 Å². The van der Waals surface area contributed by atoms with Crippen molar-refractivity contribution in [3.8, 4) is 0 Å². The van der Waals surface area contributed by atoms with Gasteiger partial charge < -0.3 is 5.32 Å². The standard InChI is InChI=1S/C8H8N2O3/c1-6(11)9-7-2-4-8(5-3-7)10(12)13/h2-5H,1H3,(H,9,11)/i2D,3D,4D,5D. The van der Waals surface area contributed by atoms with Crippen LogP contribution in [-0.4, -0.2) is 10.8 Å². The topological polar surface area (TPSA) is 72.2 Å². The van der Waals surface area contributed by atoms with Gasteiger partial charge in [-0.1, -0.05) is 0 Å². The third-order valence-electron chi connectivity index (χ3n) is 1.10. The summed E-state index contributed by atoms with van der Waals surface area (Å²) in [5, 5.41) is 12.7. The molecular weight excluding hydrogens is 172 g/mol. The third-order valence-corrected chi connectivity index (χ3v) is 1.10. The normalized spacial score (nSPS) is 13.6. The zero-order valence-electron chi connectivity index (χ0n) is 10.7. The van der Waals surface area contributed by atoms with Crippen LogP contribution in [0.4, 0.5) is 11.4 Å². The summed E-state index contributed by atoms with van der Waals surface area (Å²) in [6.07, 6.45) is 0. The van der Waals surface area contributed by atoms with Crippen molar-refractivity contribution < 1.29 is 15.2 Å². The third kappa shape index (κ3) is 2.55. The molecule has 0 aliphatic rings. The molecule has 0 heterocycles. The maximum Gasteiger partial charge on any atom is 0.269 e. The Bertz CT molecular complexity index is 489. The van der Waals surface area contributed by atoms with Gasteiger partial charge in [-0.25, -0.2) is 0 Å². The lowest BCUT2D eigenvalue weighted by molar-refractivity contribution is -0.384. The lowest BCUT2D eigenvalue weighted by atomic mass is 10.3. The van der Waals surface area contributed by atoms with Crippen molar-refractivity contribution >= 4 is 17.3 Å². The molecule has 0 radical (unpaired) electrons. The van der Waals surface area contributed by atoms with Gasteiger partial charge in [0.05, 0.1) is 10.4 Å². The molecule has 0 fully saturated rings. The van der Waals surface area contributed by atoms with Crippen LogP contribution in [0.5, 0.6) is 0 Å². The number of rotatable bonds is 2. The van der Waals surface area contributed by atoms with E-state index in [4.69, 9.17) is 5.48 Å². The first-order valence-electron chi connectivity index (χ1n) is 5.29. The zero-order valence-corrected chi connectivity index (χ0v) is 6.67. The molecule has 0 spiro atoms. The second kappa shape index (κ2) is 3.66. The van der Waals surface area contributed by atoms with E-state index < -0.39 is 40.7 Å². The summed E-state index contributed by atoms with van der Waals surface area (Å²) in [5.74, 6) is -0.584. The highest BCUT2D eigenvalue weighted by Gasteiger charge is 2.03. The molecule has 0 saturated carbocycles. The Labute approximate surface area is 80.1 Å². The molecular formula is C8H8N2O3. The second-order valence-electron chi connectivity index (χ2n) is 2.16. The lowest BCUT2D eigenvalue weighted by Gasteiger charge is -1.99. The number of carbonyl (C=O) groups excluding carboxylic acids is 1. The maximum atomic E-state index is 10.8.